The minimum Gasteiger partial charge on any atom is -0.494 e. The molecule has 1 saturated carbocycles. The summed E-state index contributed by atoms with van der Waals surface area (Å²) in [7, 11) is 0. The maximum Gasteiger partial charge on any atom is 0.262 e. The van der Waals surface area contributed by atoms with Crippen LogP contribution in [0.2, 0.25) is 0 Å². The lowest BCUT2D eigenvalue weighted by Crippen LogP contribution is -2.54. The van der Waals surface area contributed by atoms with E-state index in [1.54, 1.807) is 47.1 Å². The average Bonchev–Trinajstić information content (AvgIpc) is 3.81. The van der Waals surface area contributed by atoms with E-state index in [0.717, 1.165) is 30.6 Å². The highest BCUT2D eigenvalue weighted by Crippen LogP contribution is 2.32. The number of halogens is 1. The van der Waals surface area contributed by atoms with Crippen LogP contribution in [0.15, 0.2) is 65.2 Å². The highest BCUT2D eigenvalue weighted by molar-refractivity contribution is 6.23. The fourth-order valence-corrected chi connectivity index (χ4v) is 6.96. The number of rotatable bonds is 13. The molecule has 14 nitrogen and oxygen atoms in total. The molecule has 3 aliphatic rings. The molecule has 1 atom stereocenters. The van der Waals surface area contributed by atoms with Gasteiger partial charge in [0.2, 0.25) is 23.6 Å². The van der Waals surface area contributed by atoms with E-state index in [4.69, 9.17) is 13.9 Å². The Morgan fingerprint density at radius 3 is 2.64 bits per heavy atom. The zero-order chi connectivity index (χ0) is 36.6. The number of imidazole rings is 1. The highest BCUT2D eigenvalue weighted by Gasteiger charge is 2.44. The van der Waals surface area contributed by atoms with E-state index in [9.17, 15) is 28.4 Å². The molecule has 53 heavy (non-hydrogen) atoms. The number of aromatic nitrogens is 3. The summed E-state index contributed by atoms with van der Waals surface area (Å²) >= 11 is 0. The summed E-state index contributed by atoms with van der Waals surface area (Å²) in [6, 6.07) is 13.5. The van der Waals surface area contributed by atoms with E-state index in [1.165, 1.54) is 18.2 Å². The topological polar surface area (TPSA) is 174 Å². The number of benzene rings is 2. The third-order valence-corrected chi connectivity index (χ3v) is 9.82. The number of fused-ring (bicyclic) bond motifs is 3. The molecule has 0 spiro atoms. The standard InChI is InChI=1S/C38H35FN6O8/c39-27-6-5-7-30-26(27)19-31(53-30)29-20-40-32-12-14-35(43-45(29)32)52-23-16-21(17-23)41-33(46)8-3-1-2-4-15-51-22-9-10-24-25(18-22)38(50)44(37(24)49)28-11-13-34(47)42-36(28)48/h5-7,9-10,12,14,18-21,23,28H,1-4,8,11,13,15-17H2,(H,41,46)(H,42,47,48). The molecule has 272 valence electrons. The minimum atomic E-state index is -1.01. The molecule has 5 heterocycles. The number of ether oxygens (including phenoxy) is 2. The molecular weight excluding hydrogens is 687 g/mol. The number of imide groups is 2. The fourth-order valence-electron chi connectivity index (χ4n) is 6.96. The van der Waals surface area contributed by atoms with E-state index < -0.39 is 29.7 Å². The first-order valence-electron chi connectivity index (χ1n) is 17.7. The fraction of sp³-hybridized carbons (Fsp3) is 0.342. The largest absolute Gasteiger partial charge is 0.494 e. The monoisotopic (exact) mass is 722 g/mol. The summed E-state index contributed by atoms with van der Waals surface area (Å²) < 4.78 is 33.6. The van der Waals surface area contributed by atoms with Crippen LogP contribution in [0.4, 0.5) is 4.39 Å². The van der Waals surface area contributed by atoms with E-state index in [-0.39, 0.29) is 47.8 Å². The van der Waals surface area contributed by atoms with Crippen molar-refractivity contribution in [3.05, 3.63) is 77.7 Å². The van der Waals surface area contributed by atoms with Crippen LogP contribution >= 0.6 is 0 Å². The summed E-state index contributed by atoms with van der Waals surface area (Å²) in [5, 5.41) is 10.2. The van der Waals surface area contributed by atoms with Gasteiger partial charge in [0.1, 0.15) is 35.0 Å². The van der Waals surface area contributed by atoms with Gasteiger partial charge in [-0.2, -0.15) is 0 Å². The minimum absolute atomic E-state index is 0.00159. The van der Waals surface area contributed by atoms with Crippen molar-refractivity contribution in [2.24, 2.45) is 0 Å². The Balaban J connectivity index is 0.728. The lowest BCUT2D eigenvalue weighted by molar-refractivity contribution is -0.136. The number of nitrogens with one attached hydrogen (secondary N) is 2. The SMILES string of the molecule is O=C1CCC(N2C(=O)c3ccc(OCCCCCCC(=O)NC4CC(Oc5ccc6ncc(-c7cc8c(F)cccc8o7)n6n5)C4)cc3C2=O)C(=O)N1. The number of nitrogens with zero attached hydrogens (tertiary/aromatic N) is 4. The summed E-state index contributed by atoms with van der Waals surface area (Å²) in [6.07, 6.45) is 6.61. The Morgan fingerprint density at radius 1 is 0.981 bits per heavy atom. The van der Waals surface area contributed by atoms with Gasteiger partial charge in [0, 0.05) is 37.8 Å². The number of piperidine rings is 1. The number of furan rings is 1. The summed E-state index contributed by atoms with van der Waals surface area (Å²) in [4.78, 5) is 67.5. The van der Waals surface area contributed by atoms with Crippen molar-refractivity contribution in [1.82, 2.24) is 30.1 Å². The average molecular weight is 723 g/mol. The summed E-state index contributed by atoms with van der Waals surface area (Å²) in [5.74, 6) is -1.28. The van der Waals surface area contributed by atoms with Crippen LogP contribution in [0.25, 0.3) is 28.1 Å². The Bertz CT molecular complexity index is 2280. The molecule has 1 aliphatic carbocycles. The molecule has 3 aromatic heterocycles. The molecule has 5 amide bonds. The van der Waals surface area contributed by atoms with Gasteiger partial charge in [-0.15, -0.1) is 5.10 Å². The Labute approximate surface area is 301 Å². The number of hydrogen-bond acceptors (Lipinski definition) is 10. The van der Waals surface area contributed by atoms with Crippen LogP contribution in [-0.4, -0.2) is 73.8 Å². The van der Waals surface area contributed by atoms with Crippen molar-refractivity contribution in [3.63, 3.8) is 0 Å². The first-order valence-corrected chi connectivity index (χ1v) is 17.7. The Morgan fingerprint density at radius 2 is 1.81 bits per heavy atom. The van der Waals surface area contributed by atoms with Crippen molar-refractivity contribution < 1.29 is 42.3 Å². The second-order valence-electron chi connectivity index (χ2n) is 13.5. The van der Waals surface area contributed by atoms with Crippen molar-refractivity contribution in [2.75, 3.05) is 6.61 Å². The first kappa shape index (κ1) is 34.0. The second kappa shape index (κ2) is 14.1. The number of carbonyl (C=O) groups is 5. The van der Waals surface area contributed by atoms with Crippen LogP contribution in [0.3, 0.4) is 0 Å². The maximum absolute atomic E-state index is 14.2. The molecule has 15 heteroatoms. The highest BCUT2D eigenvalue weighted by atomic mass is 19.1. The van der Waals surface area contributed by atoms with Crippen LogP contribution in [0.5, 0.6) is 11.6 Å². The second-order valence-corrected chi connectivity index (χ2v) is 13.5. The normalized spacial score (nSPS) is 19.7. The number of carbonyl (C=O) groups excluding carboxylic acids is 5. The van der Waals surface area contributed by atoms with E-state index in [1.807, 2.05) is 0 Å². The Kier molecular flexibility index (Phi) is 9.06. The maximum atomic E-state index is 14.2. The predicted molar refractivity (Wildman–Crippen MR) is 185 cm³/mol. The molecular formula is C38H35FN6O8. The summed E-state index contributed by atoms with van der Waals surface area (Å²) in [6.45, 7) is 0.400. The van der Waals surface area contributed by atoms with E-state index >= 15 is 0 Å². The van der Waals surface area contributed by atoms with Gasteiger partial charge in [0.25, 0.3) is 11.8 Å². The quantitative estimate of drug-likeness (QED) is 0.128. The van der Waals surface area contributed by atoms with Crippen LogP contribution in [0.1, 0.15) is 78.5 Å². The van der Waals surface area contributed by atoms with Crippen molar-refractivity contribution in [1.29, 1.82) is 0 Å². The molecule has 0 radical (unpaired) electrons. The molecule has 2 N–H and O–H groups in total. The summed E-state index contributed by atoms with van der Waals surface area (Å²) in [5.41, 5.74) is 1.98. The smallest absolute Gasteiger partial charge is 0.262 e. The molecule has 0 bridgehead atoms. The van der Waals surface area contributed by atoms with Gasteiger partial charge in [-0.25, -0.2) is 13.9 Å². The molecule has 5 aromatic rings. The van der Waals surface area contributed by atoms with Gasteiger partial charge in [-0.3, -0.25) is 34.2 Å². The van der Waals surface area contributed by atoms with E-state index in [0.29, 0.717) is 65.6 Å². The zero-order valence-electron chi connectivity index (χ0n) is 28.5. The van der Waals surface area contributed by atoms with Crippen LogP contribution < -0.4 is 20.1 Å². The lowest BCUT2D eigenvalue weighted by Gasteiger charge is -2.35. The molecule has 1 unspecified atom stereocenters. The zero-order valence-corrected chi connectivity index (χ0v) is 28.5. The van der Waals surface area contributed by atoms with Gasteiger partial charge < -0.3 is 19.2 Å². The molecule has 8 rings (SSSR count). The van der Waals surface area contributed by atoms with Crippen molar-refractivity contribution >= 4 is 46.2 Å². The van der Waals surface area contributed by atoms with E-state index in [2.05, 4.69) is 20.7 Å². The first-order chi connectivity index (χ1) is 25.7. The van der Waals surface area contributed by atoms with Gasteiger partial charge in [-0.1, -0.05) is 18.9 Å². The molecule has 2 fully saturated rings. The molecule has 1 saturated heterocycles. The van der Waals surface area contributed by atoms with Gasteiger partial charge in [0.05, 0.1) is 29.3 Å². The van der Waals surface area contributed by atoms with Crippen molar-refractivity contribution in [3.8, 4) is 23.1 Å². The van der Waals surface area contributed by atoms with Crippen molar-refractivity contribution in [2.45, 2.75) is 76.0 Å². The third-order valence-electron chi connectivity index (χ3n) is 9.82. The lowest BCUT2D eigenvalue weighted by atomic mass is 9.89. The molecule has 2 aromatic carbocycles. The van der Waals surface area contributed by atoms with Crippen LogP contribution in [0, 0.1) is 5.82 Å². The Hall–Kier alpha value is -6.12. The number of unbranched alkanes of at least 4 members (excludes halogenated alkanes) is 3. The predicted octanol–water partition coefficient (Wildman–Crippen LogP) is 4.74. The van der Waals surface area contributed by atoms with Gasteiger partial charge in [0.15, 0.2) is 11.4 Å². The van der Waals surface area contributed by atoms with Gasteiger partial charge >= 0.3 is 0 Å². The number of hydrogen-bond donors (Lipinski definition) is 2. The third kappa shape index (κ3) is 6.81. The van der Waals surface area contributed by atoms with Gasteiger partial charge in [-0.05, 0) is 61.7 Å². The number of amides is 5. The van der Waals surface area contributed by atoms with Crippen LogP contribution in [-0.2, 0) is 14.4 Å². The molecule has 2 aliphatic heterocycles.